The molecule has 0 aromatic rings. The normalized spacial score (nSPS) is 11.3. The molecule has 0 heterocycles. The summed E-state index contributed by atoms with van der Waals surface area (Å²) in [7, 11) is 0. The highest BCUT2D eigenvalue weighted by molar-refractivity contribution is 14.1. The molecule has 0 atom stereocenters. The predicted octanol–water partition coefficient (Wildman–Crippen LogP) is 4.09. The van der Waals surface area contributed by atoms with Gasteiger partial charge in [-0.25, -0.2) is 0 Å². The van der Waals surface area contributed by atoms with E-state index in [0.29, 0.717) is 0 Å². The third-order valence-corrected chi connectivity index (χ3v) is 2.98. The molecule has 0 fully saturated rings. The van der Waals surface area contributed by atoms with Crippen LogP contribution in [0.3, 0.4) is 0 Å². The summed E-state index contributed by atoms with van der Waals surface area (Å²) in [4.78, 5) is 0. The zero-order valence-corrected chi connectivity index (χ0v) is 11.2. The standard InChI is InChI=1S/C12H23IO/c13-11-9-7-5-3-1-2-4-6-8-10-12-14/h6,8,14H,1-5,7,9-12H2/b8-6+. The van der Waals surface area contributed by atoms with Gasteiger partial charge in [-0.3, -0.25) is 0 Å². The van der Waals surface area contributed by atoms with Gasteiger partial charge < -0.3 is 5.11 Å². The van der Waals surface area contributed by atoms with E-state index in [1.807, 2.05) is 0 Å². The Morgan fingerprint density at radius 2 is 1.36 bits per heavy atom. The van der Waals surface area contributed by atoms with Crippen molar-refractivity contribution >= 4 is 22.6 Å². The fraction of sp³-hybridized carbons (Fsp3) is 0.833. The lowest BCUT2D eigenvalue weighted by Crippen LogP contribution is -1.80. The van der Waals surface area contributed by atoms with Crippen molar-refractivity contribution in [2.24, 2.45) is 0 Å². The summed E-state index contributed by atoms with van der Waals surface area (Å²) >= 11 is 2.45. The molecule has 2 heteroatoms. The zero-order valence-electron chi connectivity index (χ0n) is 9.05. The van der Waals surface area contributed by atoms with E-state index in [2.05, 4.69) is 34.7 Å². The topological polar surface area (TPSA) is 20.2 Å². The van der Waals surface area contributed by atoms with Crippen LogP contribution in [0, 0.1) is 0 Å². The molecule has 0 amide bonds. The van der Waals surface area contributed by atoms with Gasteiger partial charge >= 0.3 is 0 Å². The summed E-state index contributed by atoms with van der Waals surface area (Å²) in [5.74, 6) is 0. The van der Waals surface area contributed by atoms with Gasteiger partial charge in [0.15, 0.2) is 0 Å². The van der Waals surface area contributed by atoms with Gasteiger partial charge in [-0.15, -0.1) is 0 Å². The van der Waals surface area contributed by atoms with Gasteiger partial charge in [0.25, 0.3) is 0 Å². The molecule has 0 aromatic carbocycles. The van der Waals surface area contributed by atoms with E-state index < -0.39 is 0 Å². The molecule has 1 nitrogen and oxygen atoms in total. The van der Waals surface area contributed by atoms with E-state index in [1.165, 1.54) is 49.4 Å². The van der Waals surface area contributed by atoms with Crippen molar-refractivity contribution in [2.75, 3.05) is 11.0 Å². The van der Waals surface area contributed by atoms with Crippen LogP contribution in [0.2, 0.25) is 0 Å². The molecule has 0 spiro atoms. The van der Waals surface area contributed by atoms with E-state index >= 15 is 0 Å². The van der Waals surface area contributed by atoms with Crippen molar-refractivity contribution < 1.29 is 5.11 Å². The van der Waals surface area contributed by atoms with Crippen LogP contribution < -0.4 is 0 Å². The second kappa shape index (κ2) is 13.4. The van der Waals surface area contributed by atoms with Crippen molar-refractivity contribution in [1.82, 2.24) is 0 Å². The number of allylic oxidation sites excluding steroid dienone is 1. The summed E-state index contributed by atoms with van der Waals surface area (Å²) in [5.41, 5.74) is 0. The number of unbranched alkanes of at least 4 members (excludes halogenated alkanes) is 6. The van der Waals surface area contributed by atoms with Crippen molar-refractivity contribution in [3.05, 3.63) is 12.2 Å². The third-order valence-electron chi connectivity index (χ3n) is 2.22. The van der Waals surface area contributed by atoms with E-state index in [1.54, 1.807) is 0 Å². The van der Waals surface area contributed by atoms with Gasteiger partial charge in [-0.2, -0.15) is 0 Å². The van der Waals surface area contributed by atoms with Crippen LogP contribution >= 0.6 is 22.6 Å². The largest absolute Gasteiger partial charge is 0.396 e. The van der Waals surface area contributed by atoms with Crippen LogP contribution in [0.4, 0.5) is 0 Å². The third kappa shape index (κ3) is 12.4. The molecule has 0 aliphatic carbocycles. The molecule has 0 saturated carbocycles. The Labute approximate surface area is 102 Å². The molecule has 0 aliphatic rings. The molecule has 0 aromatic heterocycles. The lowest BCUT2D eigenvalue weighted by atomic mass is 10.1. The van der Waals surface area contributed by atoms with E-state index in [0.717, 1.165) is 6.42 Å². The number of hydrogen-bond acceptors (Lipinski definition) is 1. The Morgan fingerprint density at radius 3 is 2.00 bits per heavy atom. The van der Waals surface area contributed by atoms with Crippen molar-refractivity contribution in [3.63, 3.8) is 0 Å². The van der Waals surface area contributed by atoms with Gasteiger partial charge in [0.05, 0.1) is 0 Å². The minimum absolute atomic E-state index is 0.285. The second-order valence-electron chi connectivity index (χ2n) is 3.58. The van der Waals surface area contributed by atoms with Crippen molar-refractivity contribution in [1.29, 1.82) is 0 Å². The van der Waals surface area contributed by atoms with Crippen LogP contribution in [-0.4, -0.2) is 16.1 Å². The summed E-state index contributed by atoms with van der Waals surface area (Å²) in [6.07, 6.45) is 14.5. The Hall–Kier alpha value is 0.430. The number of halogens is 1. The quantitative estimate of drug-likeness (QED) is 0.279. The van der Waals surface area contributed by atoms with Gasteiger partial charge in [-0.1, -0.05) is 60.4 Å². The number of aliphatic hydroxyl groups is 1. The van der Waals surface area contributed by atoms with Crippen LogP contribution in [0.5, 0.6) is 0 Å². The van der Waals surface area contributed by atoms with Crippen LogP contribution in [0.15, 0.2) is 12.2 Å². The average Bonchev–Trinajstić information content (AvgIpc) is 2.21. The molecule has 84 valence electrons. The molecule has 0 saturated heterocycles. The molecule has 0 bridgehead atoms. The van der Waals surface area contributed by atoms with Crippen molar-refractivity contribution in [3.8, 4) is 0 Å². The zero-order chi connectivity index (χ0) is 10.5. The highest BCUT2D eigenvalue weighted by Gasteiger charge is 1.89. The maximum atomic E-state index is 8.54. The molecular formula is C12H23IO. The van der Waals surface area contributed by atoms with Crippen LogP contribution in [-0.2, 0) is 0 Å². The Kier molecular flexibility index (Phi) is 13.8. The van der Waals surface area contributed by atoms with E-state index in [-0.39, 0.29) is 6.61 Å². The Bertz CT molecular complexity index is 123. The van der Waals surface area contributed by atoms with Gasteiger partial charge in [-0.05, 0) is 30.1 Å². The fourth-order valence-corrected chi connectivity index (χ4v) is 1.91. The lowest BCUT2D eigenvalue weighted by molar-refractivity contribution is 0.302. The molecule has 0 radical (unpaired) electrons. The van der Waals surface area contributed by atoms with E-state index in [4.69, 9.17) is 5.11 Å². The number of aliphatic hydroxyl groups excluding tert-OH is 1. The smallest absolute Gasteiger partial charge is 0.0465 e. The minimum Gasteiger partial charge on any atom is -0.396 e. The maximum absolute atomic E-state index is 8.54. The van der Waals surface area contributed by atoms with Crippen LogP contribution in [0.25, 0.3) is 0 Å². The molecule has 0 rings (SSSR count). The number of rotatable bonds is 10. The molecule has 14 heavy (non-hydrogen) atoms. The lowest BCUT2D eigenvalue weighted by Gasteiger charge is -1.98. The van der Waals surface area contributed by atoms with Crippen LogP contribution in [0.1, 0.15) is 51.4 Å². The summed E-state index contributed by atoms with van der Waals surface area (Å²) in [6.45, 7) is 0.285. The molecule has 1 N–H and O–H groups in total. The maximum Gasteiger partial charge on any atom is 0.0465 e. The Morgan fingerprint density at radius 1 is 0.786 bits per heavy atom. The number of alkyl halides is 1. The van der Waals surface area contributed by atoms with Gasteiger partial charge in [0.2, 0.25) is 0 Å². The first-order chi connectivity index (χ1) is 6.91. The number of hydrogen-bond donors (Lipinski definition) is 1. The first-order valence-corrected chi connectivity index (χ1v) is 7.26. The predicted molar refractivity (Wildman–Crippen MR) is 72.0 cm³/mol. The summed E-state index contributed by atoms with van der Waals surface area (Å²) in [6, 6.07) is 0. The highest BCUT2D eigenvalue weighted by atomic mass is 127. The highest BCUT2D eigenvalue weighted by Crippen LogP contribution is 2.08. The summed E-state index contributed by atoms with van der Waals surface area (Å²) in [5, 5.41) is 8.54. The molecule has 0 aliphatic heterocycles. The van der Waals surface area contributed by atoms with Gasteiger partial charge in [0.1, 0.15) is 0 Å². The second-order valence-corrected chi connectivity index (χ2v) is 4.66. The van der Waals surface area contributed by atoms with Crippen molar-refractivity contribution in [2.45, 2.75) is 51.4 Å². The molecule has 0 unspecified atom stereocenters. The average molecular weight is 310 g/mol. The first kappa shape index (κ1) is 14.4. The fourth-order valence-electron chi connectivity index (χ4n) is 1.37. The summed E-state index contributed by atoms with van der Waals surface area (Å²) < 4.78 is 1.31. The monoisotopic (exact) mass is 310 g/mol. The Balaban J connectivity index is 2.91. The van der Waals surface area contributed by atoms with Gasteiger partial charge in [0, 0.05) is 6.61 Å². The SMILES string of the molecule is OCC/C=C/CCCCCCCCI. The molecular weight excluding hydrogens is 287 g/mol. The minimum atomic E-state index is 0.285. The first-order valence-electron chi connectivity index (χ1n) is 5.73. The van der Waals surface area contributed by atoms with E-state index in [9.17, 15) is 0 Å².